The SMILES string of the molecule is O=C(O)COc1ccc(SCCCC(=O)c2ccc(Br)cc2)cc1. The molecule has 2 rings (SSSR count). The molecule has 0 saturated carbocycles. The molecule has 0 fully saturated rings. The molecular weight excluding hydrogens is 392 g/mol. The third-order valence-electron chi connectivity index (χ3n) is 3.17. The Kier molecular flexibility index (Phi) is 7.34. The molecule has 2 aromatic rings. The van der Waals surface area contributed by atoms with E-state index in [1.165, 1.54) is 0 Å². The van der Waals surface area contributed by atoms with Gasteiger partial charge in [0.25, 0.3) is 0 Å². The Morgan fingerprint density at radius 2 is 1.71 bits per heavy atom. The van der Waals surface area contributed by atoms with Gasteiger partial charge in [0.05, 0.1) is 0 Å². The van der Waals surface area contributed by atoms with Crippen LogP contribution in [0.15, 0.2) is 57.9 Å². The van der Waals surface area contributed by atoms with E-state index in [0.29, 0.717) is 12.2 Å². The molecular formula is C18H17BrO4S. The first-order valence-corrected chi connectivity index (χ1v) is 9.18. The molecule has 0 spiro atoms. The number of thioether (sulfide) groups is 1. The summed E-state index contributed by atoms with van der Waals surface area (Å²) in [5.41, 5.74) is 0.739. The zero-order valence-corrected chi connectivity index (χ0v) is 15.3. The van der Waals surface area contributed by atoms with Gasteiger partial charge in [0.1, 0.15) is 5.75 Å². The van der Waals surface area contributed by atoms with Gasteiger partial charge in [0.15, 0.2) is 12.4 Å². The monoisotopic (exact) mass is 408 g/mol. The van der Waals surface area contributed by atoms with Gasteiger partial charge in [0, 0.05) is 21.4 Å². The second kappa shape index (κ2) is 9.49. The Morgan fingerprint density at radius 3 is 2.33 bits per heavy atom. The van der Waals surface area contributed by atoms with Gasteiger partial charge in [-0.2, -0.15) is 0 Å². The van der Waals surface area contributed by atoms with Crippen molar-refractivity contribution in [1.29, 1.82) is 0 Å². The zero-order valence-electron chi connectivity index (χ0n) is 12.9. The molecule has 0 bridgehead atoms. The van der Waals surface area contributed by atoms with Crippen molar-refractivity contribution in [2.45, 2.75) is 17.7 Å². The van der Waals surface area contributed by atoms with Crippen molar-refractivity contribution >= 4 is 39.4 Å². The minimum atomic E-state index is -0.996. The molecule has 0 aliphatic heterocycles. The van der Waals surface area contributed by atoms with E-state index in [1.54, 1.807) is 23.9 Å². The van der Waals surface area contributed by atoms with Crippen LogP contribution in [0.4, 0.5) is 0 Å². The molecule has 2 aromatic carbocycles. The molecule has 0 aliphatic rings. The first-order valence-electron chi connectivity index (χ1n) is 7.41. The first-order chi connectivity index (χ1) is 11.5. The molecule has 0 heterocycles. The first kappa shape index (κ1) is 18.5. The van der Waals surface area contributed by atoms with Crippen molar-refractivity contribution in [3.63, 3.8) is 0 Å². The highest BCUT2D eigenvalue weighted by molar-refractivity contribution is 9.10. The number of rotatable bonds is 9. The fourth-order valence-corrected chi connectivity index (χ4v) is 3.10. The van der Waals surface area contributed by atoms with E-state index < -0.39 is 5.97 Å². The molecule has 1 N–H and O–H groups in total. The molecule has 0 unspecified atom stereocenters. The zero-order chi connectivity index (χ0) is 17.4. The van der Waals surface area contributed by atoms with Crippen LogP contribution in [-0.4, -0.2) is 29.2 Å². The highest BCUT2D eigenvalue weighted by Crippen LogP contribution is 2.23. The Bertz CT molecular complexity index is 683. The summed E-state index contributed by atoms with van der Waals surface area (Å²) in [6.45, 7) is -0.343. The van der Waals surface area contributed by atoms with Gasteiger partial charge >= 0.3 is 5.97 Å². The van der Waals surface area contributed by atoms with Crippen LogP contribution in [0.25, 0.3) is 0 Å². The van der Waals surface area contributed by atoms with Crippen LogP contribution >= 0.6 is 27.7 Å². The second-order valence-electron chi connectivity index (χ2n) is 5.04. The number of hydrogen-bond donors (Lipinski definition) is 1. The summed E-state index contributed by atoms with van der Waals surface area (Å²) in [7, 11) is 0. The van der Waals surface area contributed by atoms with Gasteiger partial charge in [-0.15, -0.1) is 11.8 Å². The lowest BCUT2D eigenvalue weighted by atomic mass is 10.1. The van der Waals surface area contributed by atoms with Crippen molar-refractivity contribution in [3.8, 4) is 5.75 Å². The van der Waals surface area contributed by atoms with Crippen LogP contribution in [0, 0.1) is 0 Å². The summed E-state index contributed by atoms with van der Waals surface area (Å²) in [6.07, 6.45) is 1.32. The van der Waals surface area contributed by atoms with Crippen LogP contribution in [0.5, 0.6) is 5.75 Å². The van der Waals surface area contributed by atoms with E-state index in [1.807, 2.05) is 36.4 Å². The summed E-state index contributed by atoms with van der Waals surface area (Å²) >= 11 is 5.02. The minimum Gasteiger partial charge on any atom is -0.482 e. The fourth-order valence-electron chi connectivity index (χ4n) is 1.98. The van der Waals surface area contributed by atoms with E-state index >= 15 is 0 Å². The predicted octanol–water partition coefficient (Wildman–Crippen LogP) is 4.67. The smallest absolute Gasteiger partial charge is 0.341 e. The molecule has 6 heteroatoms. The van der Waals surface area contributed by atoms with Crippen LogP contribution < -0.4 is 4.74 Å². The number of aliphatic carboxylic acids is 1. The van der Waals surface area contributed by atoms with Crippen LogP contribution in [-0.2, 0) is 4.79 Å². The molecule has 126 valence electrons. The van der Waals surface area contributed by atoms with E-state index in [9.17, 15) is 9.59 Å². The Labute approximate surface area is 153 Å². The lowest BCUT2D eigenvalue weighted by Gasteiger charge is -2.05. The predicted molar refractivity (Wildman–Crippen MR) is 98.0 cm³/mol. The average Bonchev–Trinajstić information content (AvgIpc) is 2.58. The fraction of sp³-hybridized carbons (Fsp3) is 0.222. The van der Waals surface area contributed by atoms with Crippen LogP contribution in [0.2, 0.25) is 0 Å². The second-order valence-corrected chi connectivity index (χ2v) is 7.12. The third-order valence-corrected chi connectivity index (χ3v) is 4.80. The van der Waals surface area contributed by atoms with Gasteiger partial charge in [-0.3, -0.25) is 4.79 Å². The maximum absolute atomic E-state index is 12.0. The molecule has 24 heavy (non-hydrogen) atoms. The highest BCUT2D eigenvalue weighted by atomic mass is 79.9. The Hall–Kier alpha value is -1.79. The number of benzene rings is 2. The maximum Gasteiger partial charge on any atom is 0.341 e. The van der Waals surface area contributed by atoms with Gasteiger partial charge < -0.3 is 9.84 Å². The number of carbonyl (C=O) groups is 2. The van der Waals surface area contributed by atoms with Crippen molar-refractivity contribution in [1.82, 2.24) is 0 Å². The van der Waals surface area contributed by atoms with E-state index in [2.05, 4.69) is 15.9 Å². The third kappa shape index (κ3) is 6.37. The number of carboxylic acid groups (broad SMARTS) is 1. The van der Waals surface area contributed by atoms with Crippen LogP contribution in [0.3, 0.4) is 0 Å². The van der Waals surface area contributed by atoms with Crippen LogP contribution in [0.1, 0.15) is 23.2 Å². The maximum atomic E-state index is 12.0. The summed E-state index contributed by atoms with van der Waals surface area (Å²) in [5, 5.41) is 8.55. The average molecular weight is 409 g/mol. The van der Waals surface area contributed by atoms with Crippen molar-refractivity contribution in [3.05, 3.63) is 58.6 Å². The van der Waals surface area contributed by atoms with Crippen molar-refractivity contribution < 1.29 is 19.4 Å². The lowest BCUT2D eigenvalue weighted by molar-refractivity contribution is -0.139. The molecule has 0 aromatic heterocycles. The number of carboxylic acids is 1. The minimum absolute atomic E-state index is 0.153. The lowest BCUT2D eigenvalue weighted by Crippen LogP contribution is -2.09. The number of ketones is 1. The van der Waals surface area contributed by atoms with Crippen molar-refractivity contribution in [2.24, 2.45) is 0 Å². The molecule has 0 aliphatic carbocycles. The van der Waals surface area contributed by atoms with E-state index in [-0.39, 0.29) is 12.4 Å². The number of hydrogen-bond acceptors (Lipinski definition) is 4. The quantitative estimate of drug-likeness (QED) is 0.371. The molecule has 0 atom stereocenters. The summed E-state index contributed by atoms with van der Waals surface area (Å²) in [5.74, 6) is 0.536. The largest absolute Gasteiger partial charge is 0.482 e. The molecule has 0 amide bonds. The van der Waals surface area contributed by atoms with Crippen molar-refractivity contribution in [2.75, 3.05) is 12.4 Å². The van der Waals surface area contributed by atoms with E-state index in [4.69, 9.17) is 9.84 Å². The Morgan fingerprint density at radius 1 is 1.04 bits per heavy atom. The van der Waals surface area contributed by atoms with E-state index in [0.717, 1.165) is 27.1 Å². The number of ether oxygens (including phenoxy) is 1. The molecule has 4 nitrogen and oxygen atoms in total. The molecule has 0 saturated heterocycles. The van der Waals surface area contributed by atoms with Gasteiger partial charge in [-0.1, -0.05) is 28.1 Å². The summed E-state index contributed by atoms with van der Waals surface area (Å²) < 4.78 is 6.04. The highest BCUT2D eigenvalue weighted by Gasteiger charge is 2.06. The van der Waals surface area contributed by atoms with Gasteiger partial charge in [0.2, 0.25) is 0 Å². The van der Waals surface area contributed by atoms with Gasteiger partial charge in [-0.05, 0) is 48.6 Å². The standard InChI is InChI=1S/C18H17BrO4S/c19-14-5-3-13(4-6-14)17(20)2-1-11-24-16-9-7-15(8-10-16)23-12-18(21)22/h3-10H,1-2,11-12H2,(H,21,22). The number of halogens is 1. The molecule has 0 radical (unpaired) electrons. The topological polar surface area (TPSA) is 63.6 Å². The Balaban J connectivity index is 1.71. The summed E-state index contributed by atoms with van der Waals surface area (Å²) in [4.78, 5) is 23.5. The van der Waals surface area contributed by atoms with Gasteiger partial charge in [-0.25, -0.2) is 4.79 Å². The normalized spacial score (nSPS) is 10.4. The summed E-state index contributed by atoms with van der Waals surface area (Å²) in [6, 6.07) is 14.7. The number of Topliss-reactive ketones (excluding diaryl/α,β-unsaturated/α-hetero) is 1. The number of carbonyl (C=O) groups excluding carboxylic acids is 1.